The first-order valence-corrected chi connectivity index (χ1v) is 7.51. The lowest BCUT2D eigenvalue weighted by atomic mass is 10.1. The summed E-state index contributed by atoms with van der Waals surface area (Å²) in [4.78, 5) is 0. The molecule has 0 saturated carbocycles. The Balaban J connectivity index is 2.60. The Morgan fingerprint density at radius 1 is 1.10 bits per heavy atom. The zero-order valence-corrected chi connectivity index (χ0v) is 13.6. The maximum absolute atomic E-state index is 5.79. The lowest BCUT2D eigenvalue weighted by molar-refractivity contribution is 0.285. The maximum Gasteiger partial charge on any atom is 0.161 e. The molecule has 0 aliphatic carbocycles. The molecule has 3 nitrogen and oxygen atoms in total. The van der Waals surface area contributed by atoms with Crippen LogP contribution in [0.3, 0.4) is 0 Å². The van der Waals surface area contributed by atoms with E-state index in [2.05, 4.69) is 39.1 Å². The topological polar surface area (TPSA) is 30.5 Å². The molecule has 0 atom stereocenters. The molecule has 0 bridgehead atoms. The number of hydrogen-bond donors (Lipinski definition) is 1. The largest absolute Gasteiger partial charge is 0.493 e. The molecule has 1 aromatic carbocycles. The molecule has 0 aromatic heterocycles. The SMILES string of the molecule is CCCCCOc1ccc(CNC(C)(C)C)cc1OC. The molecular weight excluding hydrogens is 250 g/mol. The smallest absolute Gasteiger partial charge is 0.161 e. The molecule has 0 radical (unpaired) electrons. The summed E-state index contributed by atoms with van der Waals surface area (Å²) < 4.78 is 11.2. The molecule has 0 aliphatic heterocycles. The second kappa shape index (κ2) is 8.15. The second-order valence-corrected chi connectivity index (χ2v) is 6.14. The number of ether oxygens (including phenoxy) is 2. The van der Waals surface area contributed by atoms with Gasteiger partial charge >= 0.3 is 0 Å². The van der Waals surface area contributed by atoms with Gasteiger partial charge in [-0.15, -0.1) is 0 Å². The fourth-order valence-corrected chi connectivity index (χ4v) is 1.84. The van der Waals surface area contributed by atoms with Crippen molar-refractivity contribution in [1.29, 1.82) is 0 Å². The number of unbranched alkanes of at least 4 members (excludes halogenated alkanes) is 2. The Morgan fingerprint density at radius 3 is 2.45 bits per heavy atom. The number of hydrogen-bond acceptors (Lipinski definition) is 3. The van der Waals surface area contributed by atoms with E-state index in [-0.39, 0.29) is 5.54 Å². The van der Waals surface area contributed by atoms with Gasteiger partial charge in [0.05, 0.1) is 13.7 Å². The quantitative estimate of drug-likeness (QED) is 0.725. The molecule has 1 rings (SSSR count). The van der Waals surface area contributed by atoms with Gasteiger partial charge in [-0.3, -0.25) is 0 Å². The monoisotopic (exact) mass is 279 g/mol. The third kappa shape index (κ3) is 6.29. The van der Waals surface area contributed by atoms with E-state index < -0.39 is 0 Å². The highest BCUT2D eigenvalue weighted by Crippen LogP contribution is 2.28. The summed E-state index contributed by atoms with van der Waals surface area (Å²) in [6.45, 7) is 10.3. The van der Waals surface area contributed by atoms with E-state index in [0.29, 0.717) is 0 Å². The predicted molar refractivity (Wildman–Crippen MR) is 84.6 cm³/mol. The summed E-state index contributed by atoms with van der Waals surface area (Å²) in [6.07, 6.45) is 3.50. The van der Waals surface area contributed by atoms with Gasteiger partial charge < -0.3 is 14.8 Å². The Bertz CT molecular complexity index is 396. The zero-order chi connectivity index (χ0) is 15.0. The normalized spacial score (nSPS) is 11.4. The number of nitrogens with one attached hydrogen (secondary N) is 1. The van der Waals surface area contributed by atoms with Gasteiger partial charge in [0.1, 0.15) is 0 Å². The minimum Gasteiger partial charge on any atom is -0.493 e. The zero-order valence-electron chi connectivity index (χ0n) is 13.6. The first-order chi connectivity index (χ1) is 9.46. The first-order valence-electron chi connectivity index (χ1n) is 7.51. The van der Waals surface area contributed by atoms with Gasteiger partial charge in [-0.1, -0.05) is 25.8 Å². The summed E-state index contributed by atoms with van der Waals surface area (Å²) >= 11 is 0. The van der Waals surface area contributed by atoms with Crippen LogP contribution in [0, 0.1) is 0 Å². The van der Waals surface area contributed by atoms with Crippen molar-refractivity contribution in [1.82, 2.24) is 5.32 Å². The van der Waals surface area contributed by atoms with Gasteiger partial charge in [0.15, 0.2) is 11.5 Å². The van der Waals surface area contributed by atoms with E-state index in [1.165, 1.54) is 18.4 Å². The van der Waals surface area contributed by atoms with Crippen molar-refractivity contribution in [3.8, 4) is 11.5 Å². The van der Waals surface area contributed by atoms with Gasteiger partial charge in [0.2, 0.25) is 0 Å². The lowest BCUT2D eigenvalue weighted by Crippen LogP contribution is -2.35. The molecule has 0 amide bonds. The third-order valence-electron chi connectivity index (χ3n) is 3.06. The highest BCUT2D eigenvalue weighted by Gasteiger charge is 2.10. The molecule has 0 saturated heterocycles. The maximum atomic E-state index is 5.79. The summed E-state index contributed by atoms with van der Waals surface area (Å²) in [5.41, 5.74) is 1.32. The van der Waals surface area contributed by atoms with Crippen molar-refractivity contribution in [3.05, 3.63) is 23.8 Å². The fraction of sp³-hybridized carbons (Fsp3) is 0.647. The summed E-state index contributed by atoms with van der Waals surface area (Å²) in [7, 11) is 1.69. The van der Waals surface area contributed by atoms with Crippen LogP contribution in [0.15, 0.2) is 18.2 Å². The number of methoxy groups -OCH3 is 1. The standard InChI is InChI=1S/C17H29NO2/c1-6-7-8-11-20-15-10-9-14(12-16(15)19-5)13-18-17(2,3)4/h9-10,12,18H,6-8,11,13H2,1-5H3. The summed E-state index contributed by atoms with van der Waals surface area (Å²) in [6, 6.07) is 6.15. The minimum absolute atomic E-state index is 0.114. The van der Waals surface area contributed by atoms with Crippen molar-refractivity contribution in [3.63, 3.8) is 0 Å². The third-order valence-corrected chi connectivity index (χ3v) is 3.06. The molecule has 0 fully saturated rings. The van der Waals surface area contributed by atoms with Crippen molar-refractivity contribution in [2.24, 2.45) is 0 Å². The van der Waals surface area contributed by atoms with Crippen LogP contribution in [0.4, 0.5) is 0 Å². The van der Waals surface area contributed by atoms with E-state index in [4.69, 9.17) is 9.47 Å². The molecule has 1 N–H and O–H groups in total. The van der Waals surface area contributed by atoms with E-state index in [1.807, 2.05) is 12.1 Å². The molecule has 1 aromatic rings. The predicted octanol–water partition coefficient (Wildman–Crippen LogP) is 4.15. The van der Waals surface area contributed by atoms with E-state index >= 15 is 0 Å². The van der Waals surface area contributed by atoms with Crippen molar-refractivity contribution in [2.75, 3.05) is 13.7 Å². The molecule has 0 unspecified atom stereocenters. The molecular formula is C17H29NO2. The van der Waals surface area contributed by atoms with Crippen molar-refractivity contribution < 1.29 is 9.47 Å². The first kappa shape index (κ1) is 16.8. The fourth-order valence-electron chi connectivity index (χ4n) is 1.84. The molecule has 3 heteroatoms. The Hall–Kier alpha value is -1.22. The summed E-state index contributed by atoms with van der Waals surface area (Å²) in [5, 5.41) is 3.47. The van der Waals surface area contributed by atoms with Gasteiger partial charge in [0.25, 0.3) is 0 Å². The minimum atomic E-state index is 0.114. The van der Waals surface area contributed by atoms with Crippen LogP contribution in [0.5, 0.6) is 11.5 Å². The molecule has 0 heterocycles. The van der Waals surface area contributed by atoms with Crippen LogP contribution in [0.2, 0.25) is 0 Å². The van der Waals surface area contributed by atoms with Gasteiger partial charge in [-0.2, -0.15) is 0 Å². The molecule has 114 valence electrons. The van der Waals surface area contributed by atoms with Crippen LogP contribution in [-0.2, 0) is 6.54 Å². The molecule has 0 aliphatic rings. The molecule has 20 heavy (non-hydrogen) atoms. The number of rotatable bonds is 8. The highest BCUT2D eigenvalue weighted by atomic mass is 16.5. The van der Waals surface area contributed by atoms with Crippen LogP contribution in [0.1, 0.15) is 52.5 Å². The van der Waals surface area contributed by atoms with Gasteiger partial charge in [-0.25, -0.2) is 0 Å². The van der Waals surface area contributed by atoms with E-state index in [1.54, 1.807) is 7.11 Å². The lowest BCUT2D eigenvalue weighted by Gasteiger charge is -2.21. The Kier molecular flexibility index (Phi) is 6.86. The average molecular weight is 279 g/mol. The van der Waals surface area contributed by atoms with Gasteiger partial charge in [0, 0.05) is 12.1 Å². The van der Waals surface area contributed by atoms with Crippen LogP contribution in [-0.4, -0.2) is 19.3 Å². The highest BCUT2D eigenvalue weighted by molar-refractivity contribution is 5.43. The average Bonchev–Trinajstić information content (AvgIpc) is 2.41. The Morgan fingerprint density at radius 2 is 1.85 bits per heavy atom. The van der Waals surface area contributed by atoms with Gasteiger partial charge in [-0.05, 0) is 44.9 Å². The van der Waals surface area contributed by atoms with Crippen LogP contribution < -0.4 is 14.8 Å². The van der Waals surface area contributed by atoms with E-state index in [0.717, 1.165) is 31.1 Å². The van der Waals surface area contributed by atoms with Crippen molar-refractivity contribution >= 4 is 0 Å². The van der Waals surface area contributed by atoms with Crippen LogP contribution >= 0.6 is 0 Å². The summed E-state index contributed by atoms with van der Waals surface area (Å²) in [5.74, 6) is 1.65. The van der Waals surface area contributed by atoms with Crippen molar-refractivity contribution in [2.45, 2.75) is 59.0 Å². The second-order valence-electron chi connectivity index (χ2n) is 6.14. The Labute approximate surface area is 123 Å². The number of benzene rings is 1. The van der Waals surface area contributed by atoms with E-state index in [9.17, 15) is 0 Å². The van der Waals surface area contributed by atoms with Crippen LogP contribution in [0.25, 0.3) is 0 Å². The molecule has 0 spiro atoms.